The molecule has 4 heteroatoms. The lowest BCUT2D eigenvalue weighted by Gasteiger charge is -2.18. The number of benzene rings is 1. The largest absolute Gasteiger partial charge is 0.497 e. The highest BCUT2D eigenvalue weighted by atomic mass is 16.5. The Bertz CT molecular complexity index is 388. The van der Waals surface area contributed by atoms with E-state index < -0.39 is 0 Å². The quantitative estimate of drug-likeness (QED) is 0.807. The van der Waals surface area contributed by atoms with Gasteiger partial charge >= 0.3 is 5.97 Å². The van der Waals surface area contributed by atoms with Crippen LogP contribution in [0.4, 0.5) is 0 Å². The van der Waals surface area contributed by atoms with Gasteiger partial charge in [-0.3, -0.25) is 4.79 Å². The van der Waals surface area contributed by atoms with Gasteiger partial charge < -0.3 is 14.8 Å². The van der Waals surface area contributed by atoms with E-state index in [9.17, 15) is 4.79 Å². The van der Waals surface area contributed by atoms with E-state index in [4.69, 9.17) is 9.47 Å². The second-order valence-corrected chi connectivity index (χ2v) is 4.12. The highest BCUT2D eigenvalue weighted by molar-refractivity contribution is 5.74. The van der Waals surface area contributed by atoms with Crippen molar-refractivity contribution in [2.24, 2.45) is 5.92 Å². The zero-order chi connectivity index (χ0) is 12.3. The first kappa shape index (κ1) is 11.9. The van der Waals surface area contributed by atoms with Crippen LogP contribution >= 0.6 is 0 Å². The third-order valence-corrected chi connectivity index (χ3v) is 3.20. The molecule has 0 saturated carbocycles. The van der Waals surface area contributed by atoms with Gasteiger partial charge in [0, 0.05) is 6.04 Å². The van der Waals surface area contributed by atoms with Crippen molar-refractivity contribution < 1.29 is 14.3 Å². The monoisotopic (exact) mass is 235 g/mol. The Morgan fingerprint density at radius 3 is 2.59 bits per heavy atom. The molecule has 2 rings (SSSR count). The first-order chi connectivity index (χ1) is 8.26. The van der Waals surface area contributed by atoms with Gasteiger partial charge in [-0.25, -0.2) is 0 Å². The fourth-order valence-corrected chi connectivity index (χ4v) is 2.27. The predicted molar refractivity (Wildman–Crippen MR) is 63.9 cm³/mol. The number of carbonyl (C=O) groups excluding carboxylic acids is 1. The Hall–Kier alpha value is -1.55. The van der Waals surface area contributed by atoms with Crippen LogP contribution in [-0.4, -0.2) is 26.7 Å². The Labute approximate surface area is 101 Å². The molecule has 92 valence electrons. The molecule has 2 unspecified atom stereocenters. The standard InChI is InChI=1S/C13H17NO3/c1-16-10-5-3-9(4-6-10)12-11(7-8-14-12)13(15)17-2/h3-6,11-12,14H,7-8H2,1-2H3. The average Bonchev–Trinajstić information content (AvgIpc) is 2.87. The molecule has 0 bridgehead atoms. The smallest absolute Gasteiger partial charge is 0.310 e. The number of hydrogen-bond acceptors (Lipinski definition) is 4. The minimum atomic E-state index is -0.143. The van der Waals surface area contributed by atoms with E-state index in [-0.39, 0.29) is 17.9 Å². The number of esters is 1. The first-order valence-corrected chi connectivity index (χ1v) is 5.71. The fourth-order valence-electron chi connectivity index (χ4n) is 2.27. The molecule has 1 N–H and O–H groups in total. The van der Waals surface area contributed by atoms with Crippen LogP contribution in [0.15, 0.2) is 24.3 Å². The lowest BCUT2D eigenvalue weighted by atomic mass is 9.94. The van der Waals surface area contributed by atoms with Gasteiger partial charge in [0.15, 0.2) is 0 Å². The second-order valence-electron chi connectivity index (χ2n) is 4.12. The minimum absolute atomic E-state index is 0.0494. The third kappa shape index (κ3) is 2.42. The van der Waals surface area contributed by atoms with Crippen LogP contribution in [-0.2, 0) is 9.53 Å². The summed E-state index contributed by atoms with van der Waals surface area (Å²) in [6.45, 7) is 0.844. The molecule has 0 radical (unpaired) electrons. The van der Waals surface area contributed by atoms with Gasteiger partial charge in [0.25, 0.3) is 0 Å². The van der Waals surface area contributed by atoms with Crippen molar-refractivity contribution in [3.63, 3.8) is 0 Å². The summed E-state index contributed by atoms with van der Waals surface area (Å²) in [4.78, 5) is 11.6. The Morgan fingerprint density at radius 1 is 1.29 bits per heavy atom. The van der Waals surface area contributed by atoms with E-state index >= 15 is 0 Å². The van der Waals surface area contributed by atoms with Gasteiger partial charge in [-0.05, 0) is 30.7 Å². The van der Waals surface area contributed by atoms with Gasteiger partial charge in [-0.1, -0.05) is 12.1 Å². The molecule has 17 heavy (non-hydrogen) atoms. The topological polar surface area (TPSA) is 47.6 Å². The number of nitrogens with one attached hydrogen (secondary N) is 1. The molecular weight excluding hydrogens is 218 g/mol. The highest BCUT2D eigenvalue weighted by Gasteiger charge is 2.34. The summed E-state index contributed by atoms with van der Waals surface area (Å²) in [5.41, 5.74) is 1.10. The molecule has 1 aromatic rings. The average molecular weight is 235 g/mol. The van der Waals surface area contributed by atoms with Crippen molar-refractivity contribution >= 4 is 5.97 Å². The normalized spacial score (nSPS) is 23.4. The molecule has 1 fully saturated rings. The van der Waals surface area contributed by atoms with E-state index in [1.54, 1.807) is 7.11 Å². The zero-order valence-electron chi connectivity index (χ0n) is 10.1. The van der Waals surface area contributed by atoms with Crippen LogP contribution in [0.5, 0.6) is 5.75 Å². The van der Waals surface area contributed by atoms with Crippen molar-refractivity contribution in [2.45, 2.75) is 12.5 Å². The van der Waals surface area contributed by atoms with Gasteiger partial charge in [0.1, 0.15) is 5.75 Å². The summed E-state index contributed by atoms with van der Waals surface area (Å²) in [7, 11) is 3.08. The zero-order valence-corrected chi connectivity index (χ0v) is 10.1. The van der Waals surface area contributed by atoms with Gasteiger partial charge in [0.05, 0.1) is 20.1 Å². The summed E-state index contributed by atoms with van der Waals surface area (Å²) in [6.07, 6.45) is 0.823. The molecule has 0 aliphatic carbocycles. The summed E-state index contributed by atoms with van der Waals surface area (Å²) in [6, 6.07) is 7.83. The van der Waals surface area contributed by atoms with E-state index in [2.05, 4.69) is 5.32 Å². The minimum Gasteiger partial charge on any atom is -0.497 e. The van der Waals surface area contributed by atoms with Crippen LogP contribution < -0.4 is 10.1 Å². The van der Waals surface area contributed by atoms with Crippen LogP contribution in [0.1, 0.15) is 18.0 Å². The number of methoxy groups -OCH3 is 2. The maximum Gasteiger partial charge on any atom is 0.310 e. The highest BCUT2D eigenvalue weighted by Crippen LogP contribution is 2.31. The summed E-state index contributed by atoms with van der Waals surface area (Å²) >= 11 is 0. The van der Waals surface area contributed by atoms with Crippen LogP contribution in [0.3, 0.4) is 0 Å². The number of carbonyl (C=O) groups is 1. The van der Waals surface area contributed by atoms with Crippen LogP contribution in [0.25, 0.3) is 0 Å². The van der Waals surface area contributed by atoms with Crippen LogP contribution in [0.2, 0.25) is 0 Å². The Balaban J connectivity index is 2.17. The fraction of sp³-hybridized carbons (Fsp3) is 0.462. The van der Waals surface area contributed by atoms with Crippen molar-refractivity contribution in [2.75, 3.05) is 20.8 Å². The summed E-state index contributed by atoms with van der Waals surface area (Å²) < 4.78 is 9.94. The Morgan fingerprint density at radius 2 is 2.00 bits per heavy atom. The molecule has 2 atom stereocenters. The van der Waals surface area contributed by atoms with Crippen molar-refractivity contribution in [3.05, 3.63) is 29.8 Å². The third-order valence-electron chi connectivity index (χ3n) is 3.20. The second kappa shape index (κ2) is 5.19. The summed E-state index contributed by atoms with van der Waals surface area (Å²) in [5, 5.41) is 3.33. The molecule has 1 aromatic carbocycles. The molecule has 0 aromatic heterocycles. The van der Waals surface area contributed by atoms with Gasteiger partial charge in [0.2, 0.25) is 0 Å². The molecular formula is C13H17NO3. The molecule has 0 amide bonds. The van der Waals surface area contributed by atoms with E-state index in [0.29, 0.717) is 0 Å². The molecule has 1 aliphatic heterocycles. The van der Waals surface area contributed by atoms with Crippen molar-refractivity contribution in [3.8, 4) is 5.75 Å². The predicted octanol–water partition coefficient (Wildman–Crippen LogP) is 1.52. The van der Waals surface area contributed by atoms with Crippen LogP contribution in [0, 0.1) is 5.92 Å². The molecule has 1 saturated heterocycles. The van der Waals surface area contributed by atoms with E-state index in [1.165, 1.54) is 7.11 Å². The van der Waals surface area contributed by atoms with Gasteiger partial charge in [-0.2, -0.15) is 0 Å². The lowest BCUT2D eigenvalue weighted by Crippen LogP contribution is -2.24. The molecule has 1 aliphatic rings. The maximum absolute atomic E-state index is 11.6. The van der Waals surface area contributed by atoms with Crippen molar-refractivity contribution in [1.82, 2.24) is 5.32 Å². The maximum atomic E-state index is 11.6. The molecule has 1 heterocycles. The van der Waals surface area contributed by atoms with E-state index in [1.807, 2.05) is 24.3 Å². The number of hydrogen-bond donors (Lipinski definition) is 1. The Kier molecular flexibility index (Phi) is 3.64. The first-order valence-electron chi connectivity index (χ1n) is 5.71. The number of ether oxygens (including phenoxy) is 2. The lowest BCUT2D eigenvalue weighted by molar-refractivity contribution is -0.145. The van der Waals surface area contributed by atoms with E-state index in [0.717, 1.165) is 24.3 Å². The van der Waals surface area contributed by atoms with Crippen molar-refractivity contribution in [1.29, 1.82) is 0 Å². The molecule has 0 spiro atoms. The summed E-state index contributed by atoms with van der Waals surface area (Å²) in [5.74, 6) is 0.588. The van der Waals surface area contributed by atoms with Gasteiger partial charge in [-0.15, -0.1) is 0 Å². The SMILES string of the molecule is COC(=O)C1CCNC1c1ccc(OC)cc1. The molecule has 4 nitrogen and oxygen atoms in total. The number of rotatable bonds is 3.